The first-order valence-corrected chi connectivity index (χ1v) is 8.02. The Balaban J connectivity index is 1.68. The molecule has 1 heterocycles. The molecule has 18 heavy (non-hydrogen) atoms. The molecule has 1 amide bonds. The molecule has 0 bridgehead atoms. The van der Waals surface area contributed by atoms with Gasteiger partial charge in [-0.1, -0.05) is 12.8 Å². The molecule has 1 atom stereocenters. The van der Waals surface area contributed by atoms with E-state index in [4.69, 9.17) is 0 Å². The Bertz CT molecular complexity index is 287. The number of likely N-dealkylation sites (N-methyl/N-ethyl adjacent to an activating group) is 1. The third-order valence-corrected chi connectivity index (χ3v) is 5.22. The number of nitrogens with one attached hydrogen (secondary N) is 1. The van der Waals surface area contributed by atoms with Gasteiger partial charge in [0.05, 0.1) is 12.1 Å². The van der Waals surface area contributed by atoms with E-state index in [1.54, 1.807) is 0 Å². The van der Waals surface area contributed by atoms with Crippen LogP contribution in [0.4, 0.5) is 0 Å². The number of nitrogens with zero attached hydrogens (tertiary/aromatic N) is 1. The van der Waals surface area contributed by atoms with Crippen LogP contribution in [0.25, 0.3) is 0 Å². The summed E-state index contributed by atoms with van der Waals surface area (Å²) in [5, 5.41) is 13.0. The van der Waals surface area contributed by atoms with Crippen LogP contribution in [-0.2, 0) is 4.79 Å². The Labute approximate surface area is 113 Å². The van der Waals surface area contributed by atoms with Crippen LogP contribution < -0.4 is 5.32 Å². The highest BCUT2D eigenvalue weighted by Gasteiger charge is 2.31. The highest BCUT2D eigenvalue weighted by molar-refractivity contribution is 7.99. The summed E-state index contributed by atoms with van der Waals surface area (Å²) in [7, 11) is 2.01. The van der Waals surface area contributed by atoms with E-state index in [1.807, 2.05) is 18.8 Å². The molecule has 1 aliphatic carbocycles. The Morgan fingerprint density at radius 2 is 2.22 bits per heavy atom. The largest absolute Gasteiger partial charge is 0.388 e. The summed E-state index contributed by atoms with van der Waals surface area (Å²) in [6.45, 7) is 0.862. The fourth-order valence-electron chi connectivity index (χ4n) is 2.75. The lowest BCUT2D eigenvalue weighted by Crippen LogP contribution is -2.46. The summed E-state index contributed by atoms with van der Waals surface area (Å²) in [5.41, 5.74) is -0.641. The minimum absolute atomic E-state index is 0.0368. The fraction of sp³-hybridized carbons (Fsp3) is 0.923. The molecule has 1 aliphatic heterocycles. The molecule has 4 nitrogen and oxygen atoms in total. The summed E-state index contributed by atoms with van der Waals surface area (Å²) < 4.78 is 0. The molecule has 5 heteroatoms. The van der Waals surface area contributed by atoms with Gasteiger partial charge >= 0.3 is 0 Å². The maximum atomic E-state index is 11.8. The second-order valence-corrected chi connectivity index (χ2v) is 6.79. The Kier molecular flexibility index (Phi) is 4.92. The molecule has 2 rings (SSSR count). The van der Waals surface area contributed by atoms with E-state index in [0.29, 0.717) is 19.1 Å². The Hall–Kier alpha value is -0.260. The van der Waals surface area contributed by atoms with Gasteiger partial charge in [0.2, 0.25) is 5.91 Å². The van der Waals surface area contributed by atoms with Crippen molar-refractivity contribution < 1.29 is 9.90 Å². The monoisotopic (exact) mass is 272 g/mol. The molecular formula is C13H24N2O2S. The molecule has 0 aromatic rings. The molecule has 2 N–H and O–H groups in total. The zero-order valence-corrected chi connectivity index (χ0v) is 12.0. The molecule has 0 radical (unpaired) electrons. The van der Waals surface area contributed by atoms with Gasteiger partial charge in [0, 0.05) is 18.3 Å². The number of carbonyl (C=O) groups is 1. The zero-order chi connectivity index (χ0) is 13.0. The van der Waals surface area contributed by atoms with Crippen molar-refractivity contribution in [2.75, 3.05) is 31.6 Å². The highest BCUT2D eigenvalue weighted by Crippen LogP contribution is 2.28. The van der Waals surface area contributed by atoms with E-state index in [2.05, 4.69) is 10.2 Å². The number of carbonyl (C=O) groups excluding carboxylic acids is 1. The number of thioether (sulfide) groups is 1. The van der Waals surface area contributed by atoms with E-state index in [-0.39, 0.29) is 5.91 Å². The van der Waals surface area contributed by atoms with Gasteiger partial charge in [-0.3, -0.25) is 9.69 Å². The molecule has 104 valence electrons. The predicted octanol–water partition coefficient (Wildman–Crippen LogP) is 0.845. The van der Waals surface area contributed by atoms with Crippen molar-refractivity contribution >= 4 is 17.7 Å². The van der Waals surface area contributed by atoms with Crippen LogP contribution >= 0.6 is 11.8 Å². The van der Waals surface area contributed by atoms with Crippen LogP contribution in [0.2, 0.25) is 0 Å². The van der Waals surface area contributed by atoms with Gasteiger partial charge < -0.3 is 10.4 Å². The van der Waals surface area contributed by atoms with Crippen LogP contribution in [0.5, 0.6) is 0 Å². The summed E-state index contributed by atoms with van der Waals surface area (Å²) in [4.78, 5) is 14.0. The van der Waals surface area contributed by atoms with Gasteiger partial charge in [-0.25, -0.2) is 0 Å². The van der Waals surface area contributed by atoms with Crippen molar-refractivity contribution in [2.24, 2.45) is 0 Å². The number of amides is 1. The Morgan fingerprint density at radius 1 is 1.50 bits per heavy atom. The van der Waals surface area contributed by atoms with Crippen LogP contribution in [0.1, 0.15) is 32.1 Å². The highest BCUT2D eigenvalue weighted by atomic mass is 32.2. The molecule has 2 fully saturated rings. The summed E-state index contributed by atoms with van der Waals surface area (Å²) in [6, 6.07) is 0.537. The number of aliphatic hydroxyl groups is 1. The smallest absolute Gasteiger partial charge is 0.234 e. The SMILES string of the molecule is CN(CC(=O)NCC1(O)CCCC1)C1CCSC1. The lowest BCUT2D eigenvalue weighted by Gasteiger charge is -2.25. The van der Waals surface area contributed by atoms with Crippen molar-refractivity contribution in [3.63, 3.8) is 0 Å². The maximum Gasteiger partial charge on any atom is 0.234 e. The molecule has 2 aliphatic rings. The first-order chi connectivity index (χ1) is 8.59. The minimum Gasteiger partial charge on any atom is -0.388 e. The molecule has 1 saturated carbocycles. The second-order valence-electron chi connectivity index (χ2n) is 5.64. The number of rotatable bonds is 5. The summed E-state index contributed by atoms with van der Waals surface area (Å²) >= 11 is 1.96. The van der Waals surface area contributed by atoms with Crippen LogP contribution in [0.3, 0.4) is 0 Å². The first-order valence-electron chi connectivity index (χ1n) is 6.86. The van der Waals surface area contributed by atoms with Crippen molar-refractivity contribution in [1.29, 1.82) is 0 Å². The lowest BCUT2D eigenvalue weighted by molar-refractivity contribution is -0.123. The van der Waals surface area contributed by atoms with E-state index < -0.39 is 5.60 Å². The van der Waals surface area contributed by atoms with E-state index in [0.717, 1.165) is 31.4 Å². The van der Waals surface area contributed by atoms with Crippen molar-refractivity contribution in [1.82, 2.24) is 10.2 Å². The van der Waals surface area contributed by atoms with Gasteiger partial charge in [0.25, 0.3) is 0 Å². The predicted molar refractivity (Wildman–Crippen MR) is 74.8 cm³/mol. The Morgan fingerprint density at radius 3 is 2.83 bits per heavy atom. The summed E-state index contributed by atoms with van der Waals surface area (Å²) in [6.07, 6.45) is 4.97. The molecule has 0 spiro atoms. The quantitative estimate of drug-likeness (QED) is 0.779. The molecule has 0 aromatic heterocycles. The van der Waals surface area contributed by atoms with Gasteiger partial charge in [-0.15, -0.1) is 0 Å². The van der Waals surface area contributed by atoms with E-state index in [1.165, 1.54) is 12.2 Å². The van der Waals surface area contributed by atoms with Crippen LogP contribution in [0.15, 0.2) is 0 Å². The van der Waals surface area contributed by atoms with Crippen LogP contribution in [-0.4, -0.2) is 59.2 Å². The maximum absolute atomic E-state index is 11.8. The van der Waals surface area contributed by atoms with Crippen LogP contribution in [0, 0.1) is 0 Å². The third kappa shape index (κ3) is 3.87. The van der Waals surface area contributed by atoms with Gasteiger partial charge in [-0.05, 0) is 32.1 Å². The zero-order valence-electron chi connectivity index (χ0n) is 11.2. The molecule has 1 unspecified atom stereocenters. The summed E-state index contributed by atoms with van der Waals surface area (Å²) in [5.74, 6) is 2.37. The third-order valence-electron chi connectivity index (χ3n) is 4.07. The van der Waals surface area contributed by atoms with Crippen molar-refractivity contribution in [3.05, 3.63) is 0 Å². The molecule has 1 saturated heterocycles. The van der Waals surface area contributed by atoms with Crippen molar-refractivity contribution in [3.8, 4) is 0 Å². The fourth-order valence-corrected chi connectivity index (χ4v) is 4.05. The first kappa shape index (κ1) is 14.2. The molecule has 0 aromatic carbocycles. The average molecular weight is 272 g/mol. The molecular weight excluding hydrogens is 248 g/mol. The van der Waals surface area contributed by atoms with Gasteiger partial charge in [-0.2, -0.15) is 11.8 Å². The second kappa shape index (κ2) is 6.26. The number of hydrogen-bond acceptors (Lipinski definition) is 4. The lowest BCUT2D eigenvalue weighted by atomic mass is 10.0. The van der Waals surface area contributed by atoms with Crippen molar-refractivity contribution in [2.45, 2.75) is 43.7 Å². The number of hydrogen-bond donors (Lipinski definition) is 2. The van der Waals surface area contributed by atoms with E-state index in [9.17, 15) is 9.90 Å². The van der Waals surface area contributed by atoms with Gasteiger partial charge in [0.1, 0.15) is 0 Å². The van der Waals surface area contributed by atoms with E-state index >= 15 is 0 Å². The minimum atomic E-state index is -0.641. The standard InChI is InChI=1S/C13H24N2O2S/c1-15(11-4-7-18-9-11)8-12(16)14-10-13(17)5-2-3-6-13/h11,17H,2-10H2,1H3,(H,14,16). The topological polar surface area (TPSA) is 52.6 Å². The normalized spacial score (nSPS) is 26.7. The van der Waals surface area contributed by atoms with Gasteiger partial charge in [0.15, 0.2) is 0 Å². The average Bonchev–Trinajstić information content (AvgIpc) is 2.98.